The summed E-state index contributed by atoms with van der Waals surface area (Å²) in [6, 6.07) is 3.60. The van der Waals surface area contributed by atoms with Crippen LogP contribution in [0.25, 0.3) is 0 Å². The van der Waals surface area contributed by atoms with Crippen LogP contribution in [0.4, 0.5) is 13.2 Å². The summed E-state index contributed by atoms with van der Waals surface area (Å²) in [5.41, 5.74) is -1.78. The third kappa shape index (κ3) is 3.01. The molecule has 0 unspecified atom stereocenters. The molecule has 0 fully saturated rings. The van der Waals surface area contributed by atoms with Crippen molar-refractivity contribution in [3.63, 3.8) is 0 Å². The highest BCUT2D eigenvalue weighted by Crippen LogP contribution is 2.31. The predicted octanol–water partition coefficient (Wildman–Crippen LogP) is 1.68. The van der Waals surface area contributed by atoms with Crippen molar-refractivity contribution < 1.29 is 23.2 Å². The minimum atomic E-state index is -4.60. The van der Waals surface area contributed by atoms with E-state index in [2.05, 4.69) is 0 Å². The van der Waals surface area contributed by atoms with Crippen molar-refractivity contribution in [2.75, 3.05) is 0 Å². The van der Waals surface area contributed by atoms with E-state index in [0.717, 1.165) is 6.07 Å². The quantitative estimate of drug-likeness (QED) is 0.740. The Morgan fingerprint density at radius 1 is 1.00 bits per heavy atom. The monoisotopic (exact) mass is 246 g/mol. The Bertz CT molecular complexity index is 376. The van der Waals surface area contributed by atoms with Crippen molar-refractivity contribution in [3.8, 4) is 0 Å². The predicted molar refractivity (Wildman–Crippen MR) is 60.0 cm³/mol. The molecular formula is C11H14BF3O2. The number of halogens is 3. The fraction of sp³-hybridized carbons (Fsp3) is 0.455. The van der Waals surface area contributed by atoms with Crippen LogP contribution in [0, 0.1) is 0 Å². The fourth-order valence-corrected chi connectivity index (χ4v) is 1.74. The number of hydrogen-bond acceptors (Lipinski definition) is 2. The van der Waals surface area contributed by atoms with E-state index in [1.165, 1.54) is 12.1 Å². The van der Waals surface area contributed by atoms with E-state index in [-0.39, 0.29) is 5.56 Å². The first-order valence-corrected chi connectivity index (χ1v) is 5.12. The lowest BCUT2D eigenvalue weighted by molar-refractivity contribution is -0.136. The Hall–Kier alpha value is -1.01. The van der Waals surface area contributed by atoms with Crippen LogP contribution in [-0.4, -0.2) is 17.2 Å². The Kier molecular flexibility index (Phi) is 3.59. The molecule has 0 saturated carbocycles. The summed E-state index contributed by atoms with van der Waals surface area (Å²) < 4.78 is 38.3. The van der Waals surface area contributed by atoms with E-state index >= 15 is 0 Å². The van der Waals surface area contributed by atoms with Gasteiger partial charge in [0.25, 0.3) is 0 Å². The lowest BCUT2D eigenvalue weighted by atomic mass is 9.68. The highest BCUT2D eigenvalue weighted by Gasteiger charge is 2.38. The molecule has 0 atom stereocenters. The average Bonchev–Trinajstić information content (AvgIpc) is 2.13. The van der Waals surface area contributed by atoms with Crippen molar-refractivity contribution >= 4 is 12.6 Å². The van der Waals surface area contributed by atoms with Crippen LogP contribution in [-0.2, 0) is 11.6 Å². The molecule has 0 aliphatic rings. The molecule has 0 bridgehead atoms. The maximum Gasteiger partial charge on any atom is 0.489 e. The molecule has 1 aromatic carbocycles. The SMILES string of the molecule is CC(C)(C)c1cccc(C(F)(F)F)c1B(O)O. The molecule has 17 heavy (non-hydrogen) atoms. The van der Waals surface area contributed by atoms with Crippen molar-refractivity contribution in [1.29, 1.82) is 0 Å². The Morgan fingerprint density at radius 3 is 1.82 bits per heavy atom. The first-order chi connectivity index (χ1) is 7.55. The lowest BCUT2D eigenvalue weighted by Gasteiger charge is -2.25. The fourth-order valence-electron chi connectivity index (χ4n) is 1.74. The summed E-state index contributed by atoms with van der Waals surface area (Å²) >= 11 is 0. The maximum absolute atomic E-state index is 12.8. The van der Waals surface area contributed by atoms with E-state index in [9.17, 15) is 13.2 Å². The second-order valence-corrected chi connectivity index (χ2v) is 4.89. The molecule has 94 valence electrons. The number of rotatable bonds is 1. The summed E-state index contributed by atoms with van der Waals surface area (Å²) in [5, 5.41) is 18.3. The second-order valence-electron chi connectivity index (χ2n) is 4.89. The van der Waals surface area contributed by atoms with Gasteiger partial charge in [0.15, 0.2) is 0 Å². The van der Waals surface area contributed by atoms with Gasteiger partial charge in [-0.25, -0.2) is 0 Å². The van der Waals surface area contributed by atoms with Crippen LogP contribution < -0.4 is 5.46 Å². The zero-order chi connectivity index (χ0) is 13.4. The smallest absolute Gasteiger partial charge is 0.423 e. The summed E-state index contributed by atoms with van der Waals surface area (Å²) in [4.78, 5) is 0. The van der Waals surface area contributed by atoms with E-state index in [1.54, 1.807) is 20.8 Å². The summed E-state index contributed by atoms with van der Waals surface area (Å²) in [6.45, 7) is 5.15. The topological polar surface area (TPSA) is 40.5 Å². The van der Waals surface area contributed by atoms with Crippen molar-refractivity contribution in [3.05, 3.63) is 29.3 Å². The summed E-state index contributed by atoms with van der Waals surface area (Å²) in [7, 11) is -2.14. The molecule has 6 heteroatoms. The normalized spacial score (nSPS) is 12.7. The standard InChI is InChI=1S/C11H14BF3O2/c1-10(2,3)7-5-4-6-8(11(13,14)15)9(7)12(16)17/h4-6,16-17H,1-3H3. The van der Waals surface area contributed by atoms with Crippen LogP contribution in [0.1, 0.15) is 31.9 Å². The van der Waals surface area contributed by atoms with Crippen LogP contribution in [0.5, 0.6) is 0 Å². The van der Waals surface area contributed by atoms with Gasteiger partial charge >= 0.3 is 13.3 Å². The average molecular weight is 246 g/mol. The number of benzene rings is 1. The third-order valence-corrected chi connectivity index (χ3v) is 2.48. The van der Waals surface area contributed by atoms with Crippen molar-refractivity contribution in [1.82, 2.24) is 0 Å². The molecule has 0 aromatic heterocycles. The Balaban J connectivity index is 3.55. The van der Waals surface area contributed by atoms with Gasteiger partial charge in [-0.2, -0.15) is 13.2 Å². The summed E-state index contributed by atoms with van der Waals surface area (Å²) in [5.74, 6) is 0. The van der Waals surface area contributed by atoms with Gasteiger partial charge < -0.3 is 10.0 Å². The van der Waals surface area contributed by atoms with E-state index < -0.39 is 29.7 Å². The molecule has 1 rings (SSSR count). The van der Waals surface area contributed by atoms with E-state index in [4.69, 9.17) is 10.0 Å². The van der Waals surface area contributed by atoms with E-state index in [0.29, 0.717) is 0 Å². The van der Waals surface area contributed by atoms with Crippen LogP contribution in [0.3, 0.4) is 0 Å². The van der Waals surface area contributed by atoms with Gasteiger partial charge in [-0.05, 0) is 16.4 Å². The molecule has 2 nitrogen and oxygen atoms in total. The minimum Gasteiger partial charge on any atom is -0.423 e. The molecule has 0 radical (unpaired) electrons. The van der Waals surface area contributed by atoms with Gasteiger partial charge in [-0.1, -0.05) is 39.0 Å². The molecule has 1 aromatic rings. The van der Waals surface area contributed by atoms with Gasteiger partial charge in [-0.3, -0.25) is 0 Å². The van der Waals surface area contributed by atoms with Gasteiger partial charge in [0.05, 0.1) is 5.56 Å². The molecule has 0 saturated heterocycles. The molecule has 0 aliphatic carbocycles. The number of alkyl halides is 3. The second kappa shape index (κ2) is 4.35. The summed E-state index contributed by atoms with van der Waals surface area (Å²) in [6.07, 6.45) is -4.60. The third-order valence-electron chi connectivity index (χ3n) is 2.48. The molecular weight excluding hydrogens is 232 g/mol. The van der Waals surface area contributed by atoms with Crippen LogP contribution in [0.15, 0.2) is 18.2 Å². The van der Waals surface area contributed by atoms with Crippen LogP contribution >= 0.6 is 0 Å². The highest BCUT2D eigenvalue weighted by atomic mass is 19.4. The zero-order valence-corrected chi connectivity index (χ0v) is 9.84. The first-order valence-electron chi connectivity index (χ1n) is 5.12. The molecule has 0 spiro atoms. The molecule has 0 amide bonds. The molecule has 0 aliphatic heterocycles. The molecule has 2 N–H and O–H groups in total. The molecule has 0 heterocycles. The van der Waals surface area contributed by atoms with Crippen LogP contribution in [0.2, 0.25) is 0 Å². The van der Waals surface area contributed by atoms with E-state index in [1.807, 2.05) is 0 Å². The first kappa shape index (κ1) is 14.1. The van der Waals surface area contributed by atoms with Crippen molar-refractivity contribution in [2.45, 2.75) is 32.4 Å². The maximum atomic E-state index is 12.8. The largest absolute Gasteiger partial charge is 0.489 e. The minimum absolute atomic E-state index is 0.280. The Morgan fingerprint density at radius 2 is 1.47 bits per heavy atom. The van der Waals surface area contributed by atoms with Gasteiger partial charge in [0.1, 0.15) is 0 Å². The van der Waals surface area contributed by atoms with Gasteiger partial charge in [0, 0.05) is 0 Å². The zero-order valence-electron chi connectivity index (χ0n) is 9.84. The highest BCUT2D eigenvalue weighted by molar-refractivity contribution is 6.60. The lowest BCUT2D eigenvalue weighted by Crippen LogP contribution is -2.41. The van der Waals surface area contributed by atoms with Gasteiger partial charge in [-0.15, -0.1) is 0 Å². The van der Waals surface area contributed by atoms with Gasteiger partial charge in [0.2, 0.25) is 0 Å². The van der Waals surface area contributed by atoms with Crippen molar-refractivity contribution in [2.24, 2.45) is 0 Å². The Labute approximate surface area is 98.2 Å². The number of hydrogen-bond donors (Lipinski definition) is 2.